The summed E-state index contributed by atoms with van der Waals surface area (Å²) in [6.45, 7) is 4.45. The summed E-state index contributed by atoms with van der Waals surface area (Å²) in [5.41, 5.74) is 2.96. The van der Waals surface area contributed by atoms with Crippen molar-refractivity contribution in [1.82, 2.24) is 5.32 Å². The van der Waals surface area contributed by atoms with Gasteiger partial charge in [-0.05, 0) is 48.6 Å². The molecule has 0 spiro atoms. The Bertz CT molecular complexity index is 349. The third kappa shape index (κ3) is 2.78. The Hall–Kier alpha value is -0.530. The number of fused-ring (bicyclic) bond motifs is 1. The summed E-state index contributed by atoms with van der Waals surface area (Å²) in [6, 6.07) is 6.39. The highest BCUT2D eigenvalue weighted by Gasteiger charge is 2.17. The minimum absolute atomic E-state index is 0.649. The van der Waals surface area contributed by atoms with Crippen molar-refractivity contribution in [2.75, 3.05) is 13.1 Å². The average Bonchev–Trinajstić information content (AvgIpc) is 2.48. The molecule has 2 heteroatoms. The van der Waals surface area contributed by atoms with Crippen LogP contribution >= 0.6 is 11.6 Å². The lowest BCUT2D eigenvalue weighted by Crippen LogP contribution is -2.20. The number of benzene rings is 1. The van der Waals surface area contributed by atoms with Crippen molar-refractivity contribution in [2.24, 2.45) is 0 Å². The Balaban J connectivity index is 2.24. The summed E-state index contributed by atoms with van der Waals surface area (Å²) in [5, 5.41) is 4.41. The molecule has 1 atom stereocenters. The molecular formula is C14H20ClN. The lowest BCUT2D eigenvalue weighted by Gasteiger charge is -2.17. The van der Waals surface area contributed by atoms with Crippen molar-refractivity contribution in [3.63, 3.8) is 0 Å². The summed E-state index contributed by atoms with van der Waals surface area (Å²) in [5.74, 6) is 0.649. The van der Waals surface area contributed by atoms with Crippen molar-refractivity contribution in [2.45, 2.75) is 38.5 Å². The van der Waals surface area contributed by atoms with E-state index in [1.165, 1.54) is 30.4 Å². The number of halogens is 1. The lowest BCUT2D eigenvalue weighted by molar-refractivity contribution is 0.547. The Morgan fingerprint density at radius 2 is 2.31 bits per heavy atom. The van der Waals surface area contributed by atoms with Crippen molar-refractivity contribution in [3.05, 3.63) is 34.3 Å². The fourth-order valence-corrected chi connectivity index (χ4v) is 2.67. The molecule has 1 aromatic carbocycles. The first-order chi connectivity index (χ1) is 7.81. The van der Waals surface area contributed by atoms with Crippen molar-refractivity contribution in [3.8, 4) is 0 Å². The molecule has 1 N–H and O–H groups in total. The average molecular weight is 238 g/mol. The van der Waals surface area contributed by atoms with Crippen LogP contribution in [0.3, 0.4) is 0 Å². The highest BCUT2D eigenvalue weighted by Crippen LogP contribution is 2.29. The van der Waals surface area contributed by atoms with Gasteiger partial charge in [-0.25, -0.2) is 0 Å². The van der Waals surface area contributed by atoms with Crippen LogP contribution in [-0.2, 0) is 6.42 Å². The summed E-state index contributed by atoms with van der Waals surface area (Å²) < 4.78 is 0. The van der Waals surface area contributed by atoms with Gasteiger partial charge in [-0.1, -0.05) is 37.4 Å². The fourth-order valence-electron chi connectivity index (χ4n) is 2.49. The predicted molar refractivity (Wildman–Crippen MR) is 70.3 cm³/mol. The first kappa shape index (κ1) is 11.9. The van der Waals surface area contributed by atoms with Gasteiger partial charge in [0.2, 0.25) is 0 Å². The van der Waals surface area contributed by atoms with Gasteiger partial charge in [0, 0.05) is 11.6 Å². The van der Waals surface area contributed by atoms with E-state index in [2.05, 4.69) is 24.4 Å². The van der Waals surface area contributed by atoms with Crippen LogP contribution in [0.2, 0.25) is 5.02 Å². The SMILES string of the molecule is CCCCC1CNCCc2ccc(Cl)cc21. The van der Waals surface area contributed by atoms with Crippen molar-refractivity contribution in [1.29, 1.82) is 0 Å². The van der Waals surface area contributed by atoms with Gasteiger partial charge in [-0.3, -0.25) is 0 Å². The van der Waals surface area contributed by atoms with Gasteiger partial charge in [0.05, 0.1) is 0 Å². The lowest BCUT2D eigenvalue weighted by atomic mass is 9.90. The molecule has 0 fully saturated rings. The van der Waals surface area contributed by atoms with Crippen LogP contribution < -0.4 is 5.32 Å². The molecule has 0 aliphatic carbocycles. The predicted octanol–water partition coefficient (Wildman–Crippen LogP) is 3.76. The third-order valence-corrected chi connectivity index (χ3v) is 3.65. The summed E-state index contributed by atoms with van der Waals surface area (Å²) in [7, 11) is 0. The van der Waals surface area contributed by atoms with E-state index in [1.54, 1.807) is 0 Å². The second-order valence-electron chi connectivity index (χ2n) is 4.64. The molecule has 1 aromatic rings. The molecule has 0 saturated carbocycles. The van der Waals surface area contributed by atoms with Crippen LogP contribution in [0, 0.1) is 0 Å². The number of unbranched alkanes of at least 4 members (excludes halogenated alkanes) is 1. The second-order valence-corrected chi connectivity index (χ2v) is 5.07. The molecule has 16 heavy (non-hydrogen) atoms. The molecule has 0 bridgehead atoms. The van der Waals surface area contributed by atoms with E-state index in [1.807, 2.05) is 6.07 Å². The molecule has 2 rings (SSSR count). The van der Waals surface area contributed by atoms with Crippen LogP contribution in [-0.4, -0.2) is 13.1 Å². The van der Waals surface area contributed by atoms with Crippen molar-refractivity contribution < 1.29 is 0 Å². The van der Waals surface area contributed by atoms with Crippen LogP contribution in [0.4, 0.5) is 0 Å². The van der Waals surface area contributed by atoms with E-state index in [0.29, 0.717) is 5.92 Å². The molecule has 0 radical (unpaired) electrons. The van der Waals surface area contributed by atoms with Crippen LogP contribution in [0.15, 0.2) is 18.2 Å². The van der Waals surface area contributed by atoms with Gasteiger partial charge < -0.3 is 5.32 Å². The minimum Gasteiger partial charge on any atom is -0.316 e. The highest BCUT2D eigenvalue weighted by molar-refractivity contribution is 6.30. The van der Waals surface area contributed by atoms with Crippen LogP contribution in [0.1, 0.15) is 43.2 Å². The normalized spacial score (nSPS) is 20.2. The zero-order valence-corrected chi connectivity index (χ0v) is 10.7. The first-order valence-electron chi connectivity index (χ1n) is 6.30. The van der Waals surface area contributed by atoms with Gasteiger partial charge in [0.1, 0.15) is 0 Å². The van der Waals surface area contributed by atoms with E-state index < -0.39 is 0 Å². The fraction of sp³-hybridized carbons (Fsp3) is 0.571. The smallest absolute Gasteiger partial charge is 0.0409 e. The van der Waals surface area contributed by atoms with E-state index >= 15 is 0 Å². The van der Waals surface area contributed by atoms with Gasteiger partial charge in [0.25, 0.3) is 0 Å². The molecule has 1 aliphatic rings. The monoisotopic (exact) mass is 237 g/mol. The maximum absolute atomic E-state index is 6.11. The van der Waals surface area contributed by atoms with Crippen molar-refractivity contribution >= 4 is 11.6 Å². The van der Waals surface area contributed by atoms with Gasteiger partial charge in [0.15, 0.2) is 0 Å². The third-order valence-electron chi connectivity index (χ3n) is 3.42. The summed E-state index contributed by atoms with van der Waals surface area (Å²) in [6.07, 6.45) is 4.98. The second kappa shape index (κ2) is 5.70. The standard InChI is InChI=1S/C14H20ClN/c1-2-3-4-12-10-16-8-7-11-5-6-13(15)9-14(11)12/h5-6,9,12,16H,2-4,7-8,10H2,1H3. The van der Waals surface area contributed by atoms with Crippen LogP contribution in [0.25, 0.3) is 0 Å². The van der Waals surface area contributed by atoms with E-state index in [0.717, 1.165) is 24.5 Å². The topological polar surface area (TPSA) is 12.0 Å². The van der Waals surface area contributed by atoms with Gasteiger partial charge >= 0.3 is 0 Å². The maximum Gasteiger partial charge on any atom is 0.0409 e. The molecule has 1 heterocycles. The van der Waals surface area contributed by atoms with E-state index in [-0.39, 0.29) is 0 Å². The first-order valence-corrected chi connectivity index (χ1v) is 6.68. The molecule has 0 saturated heterocycles. The molecule has 1 nitrogen and oxygen atoms in total. The molecule has 0 amide bonds. The van der Waals surface area contributed by atoms with Crippen LogP contribution in [0.5, 0.6) is 0 Å². The molecule has 1 aliphatic heterocycles. The Morgan fingerprint density at radius 1 is 1.44 bits per heavy atom. The molecular weight excluding hydrogens is 218 g/mol. The summed E-state index contributed by atoms with van der Waals surface area (Å²) >= 11 is 6.11. The Morgan fingerprint density at radius 3 is 3.12 bits per heavy atom. The number of nitrogens with one attached hydrogen (secondary N) is 1. The highest BCUT2D eigenvalue weighted by atomic mass is 35.5. The zero-order valence-electron chi connectivity index (χ0n) is 9.93. The molecule has 0 aromatic heterocycles. The molecule has 1 unspecified atom stereocenters. The maximum atomic E-state index is 6.11. The summed E-state index contributed by atoms with van der Waals surface area (Å²) in [4.78, 5) is 0. The molecule has 88 valence electrons. The van der Waals surface area contributed by atoms with Gasteiger partial charge in [-0.2, -0.15) is 0 Å². The van der Waals surface area contributed by atoms with Gasteiger partial charge in [-0.15, -0.1) is 0 Å². The van der Waals surface area contributed by atoms with E-state index in [4.69, 9.17) is 11.6 Å². The minimum atomic E-state index is 0.649. The number of hydrogen-bond acceptors (Lipinski definition) is 1. The quantitative estimate of drug-likeness (QED) is 0.844. The number of rotatable bonds is 3. The zero-order chi connectivity index (χ0) is 11.4. The Kier molecular flexibility index (Phi) is 4.25. The van der Waals surface area contributed by atoms with E-state index in [9.17, 15) is 0 Å². The largest absolute Gasteiger partial charge is 0.316 e. The Labute approximate surface area is 103 Å². The number of hydrogen-bond donors (Lipinski definition) is 1.